The Morgan fingerprint density at radius 2 is 2.14 bits per heavy atom. The van der Waals surface area contributed by atoms with Crippen LogP contribution in [0.4, 0.5) is 0 Å². The second-order valence-electron chi connectivity index (χ2n) is 5.09. The number of carbonyl (C=O) groups excluding carboxylic acids is 2. The Labute approximate surface area is 126 Å². The van der Waals surface area contributed by atoms with Crippen molar-refractivity contribution in [2.75, 3.05) is 13.1 Å². The van der Waals surface area contributed by atoms with Gasteiger partial charge in [0.1, 0.15) is 0 Å². The van der Waals surface area contributed by atoms with Gasteiger partial charge in [-0.05, 0) is 25.0 Å². The van der Waals surface area contributed by atoms with Gasteiger partial charge in [-0.3, -0.25) is 9.59 Å². The summed E-state index contributed by atoms with van der Waals surface area (Å²) in [5.74, 6) is -0.522. The van der Waals surface area contributed by atoms with Crippen LogP contribution in [0.25, 0.3) is 0 Å². The van der Waals surface area contributed by atoms with Gasteiger partial charge in [-0.25, -0.2) is 4.98 Å². The van der Waals surface area contributed by atoms with Crippen LogP contribution in [0.2, 0.25) is 0 Å². The molecule has 110 valence electrons. The molecule has 1 aliphatic rings. The first-order valence-corrected chi connectivity index (χ1v) is 7.63. The molecule has 2 amide bonds. The van der Waals surface area contributed by atoms with Gasteiger partial charge in [0.2, 0.25) is 0 Å². The molecule has 1 aliphatic heterocycles. The summed E-state index contributed by atoms with van der Waals surface area (Å²) in [6.07, 6.45) is 7.46. The van der Waals surface area contributed by atoms with Crippen LogP contribution in [0.15, 0.2) is 30.9 Å². The lowest BCUT2D eigenvalue weighted by Gasteiger charge is -2.33. The fourth-order valence-electron chi connectivity index (χ4n) is 2.61. The molecule has 0 spiro atoms. The van der Waals surface area contributed by atoms with Crippen molar-refractivity contribution in [1.29, 1.82) is 0 Å². The van der Waals surface area contributed by atoms with Crippen molar-refractivity contribution in [3.8, 4) is 0 Å². The van der Waals surface area contributed by atoms with Crippen LogP contribution in [0.1, 0.15) is 38.2 Å². The molecule has 0 aromatic carbocycles. The third-order valence-electron chi connectivity index (χ3n) is 3.69. The third-order valence-corrected chi connectivity index (χ3v) is 4.78. The van der Waals surface area contributed by atoms with Gasteiger partial charge < -0.3 is 15.2 Å². The quantitative estimate of drug-likeness (QED) is 0.933. The van der Waals surface area contributed by atoms with Crippen LogP contribution in [0, 0.1) is 0 Å². The highest BCUT2D eigenvalue weighted by atomic mass is 32.1. The van der Waals surface area contributed by atoms with Crippen LogP contribution in [0.3, 0.4) is 0 Å². The predicted molar refractivity (Wildman–Crippen MR) is 79.2 cm³/mol. The smallest absolute Gasteiger partial charge is 0.264 e. The molecule has 2 aromatic heterocycles. The maximum atomic E-state index is 12.5. The van der Waals surface area contributed by atoms with E-state index < -0.39 is 5.91 Å². The minimum Gasteiger partial charge on any atom is -0.365 e. The molecule has 2 N–H and O–H groups in total. The molecule has 21 heavy (non-hydrogen) atoms. The summed E-state index contributed by atoms with van der Waals surface area (Å²) in [7, 11) is 0. The number of imidazole rings is 1. The topological polar surface area (TPSA) is 81.2 Å². The second kappa shape index (κ2) is 5.69. The molecular weight excluding hydrogens is 288 g/mol. The maximum Gasteiger partial charge on any atom is 0.264 e. The van der Waals surface area contributed by atoms with Crippen LogP contribution in [-0.2, 0) is 0 Å². The number of rotatable bonds is 3. The summed E-state index contributed by atoms with van der Waals surface area (Å²) < 4.78 is 2.04. The van der Waals surface area contributed by atoms with E-state index in [4.69, 9.17) is 5.73 Å². The molecule has 0 bridgehead atoms. The number of thiophene rings is 1. The van der Waals surface area contributed by atoms with Crippen LogP contribution in [-0.4, -0.2) is 39.4 Å². The summed E-state index contributed by atoms with van der Waals surface area (Å²) in [6, 6.07) is 3.55. The van der Waals surface area contributed by atoms with Crippen LogP contribution < -0.4 is 5.73 Å². The van der Waals surface area contributed by atoms with Crippen LogP contribution >= 0.6 is 11.3 Å². The molecule has 0 radical (unpaired) electrons. The van der Waals surface area contributed by atoms with Gasteiger partial charge in [-0.2, -0.15) is 0 Å². The molecular formula is C14H16N4O2S. The van der Waals surface area contributed by atoms with Crippen molar-refractivity contribution in [3.05, 3.63) is 40.6 Å². The number of hydrogen-bond donors (Lipinski definition) is 1. The van der Waals surface area contributed by atoms with Crippen molar-refractivity contribution in [2.45, 2.75) is 18.9 Å². The van der Waals surface area contributed by atoms with E-state index in [0.29, 0.717) is 16.3 Å². The number of nitrogens with zero attached hydrogens (tertiary/aromatic N) is 3. The first-order chi connectivity index (χ1) is 10.1. The molecule has 1 atom stereocenters. The van der Waals surface area contributed by atoms with Gasteiger partial charge >= 0.3 is 0 Å². The van der Waals surface area contributed by atoms with E-state index in [1.165, 1.54) is 0 Å². The van der Waals surface area contributed by atoms with E-state index in [0.717, 1.165) is 30.7 Å². The third kappa shape index (κ3) is 2.82. The van der Waals surface area contributed by atoms with Crippen molar-refractivity contribution < 1.29 is 9.59 Å². The van der Waals surface area contributed by atoms with Gasteiger partial charge in [0.25, 0.3) is 11.8 Å². The molecule has 0 unspecified atom stereocenters. The minimum atomic E-state index is -0.492. The number of piperidine rings is 1. The Hall–Kier alpha value is -2.15. The molecule has 3 heterocycles. The fourth-order valence-corrected chi connectivity index (χ4v) is 3.44. The second-order valence-corrected chi connectivity index (χ2v) is 6.17. The lowest BCUT2D eigenvalue weighted by Crippen LogP contribution is -2.40. The molecule has 6 nitrogen and oxygen atoms in total. The predicted octanol–water partition coefficient (Wildman–Crippen LogP) is 1.52. The Kier molecular flexibility index (Phi) is 3.74. The highest BCUT2D eigenvalue weighted by Crippen LogP contribution is 2.24. The van der Waals surface area contributed by atoms with Gasteiger partial charge in [0.05, 0.1) is 22.1 Å². The summed E-state index contributed by atoms with van der Waals surface area (Å²) in [6.45, 7) is 1.41. The standard InChI is InChI=1S/C14H16N4O2S/c15-13(19)11-3-4-12(21-11)14(20)17-6-1-2-10(8-17)18-7-5-16-9-18/h3-5,7,9-10H,1-2,6,8H2,(H2,15,19)/t10-/m1/s1. The van der Waals surface area contributed by atoms with Crippen molar-refractivity contribution in [3.63, 3.8) is 0 Å². The normalized spacial score (nSPS) is 18.7. The molecule has 2 aromatic rings. The first kappa shape index (κ1) is 13.8. The number of nitrogens with two attached hydrogens (primary N) is 1. The highest BCUT2D eigenvalue weighted by Gasteiger charge is 2.26. The zero-order chi connectivity index (χ0) is 14.8. The monoisotopic (exact) mass is 304 g/mol. The van der Waals surface area contributed by atoms with Crippen molar-refractivity contribution in [2.24, 2.45) is 5.73 Å². The zero-order valence-electron chi connectivity index (χ0n) is 11.4. The van der Waals surface area contributed by atoms with Gasteiger partial charge in [0.15, 0.2) is 0 Å². The van der Waals surface area contributed by atoms with Crippen molar-refractivity contribution >= 4 is 23.2 Å². The molecule has 0 aliphatic carbocycles. The number of carbonyl (C=O) groups is 2. The summed E-state index contributed by atoms with van der Waals surface area (Å²) in [4.78, 5) is 30.5. The zero-order valence-corrected chi connectivity index (χ0v) is 12.3. The van der Waals surface area contributed by atoms with E-state index in [-0.39, 0.29) is 11.9 Å². The van der Waals surface area contributed by atoms with E-state index in [2.05, 4.69) is 4.98 Å². The Bertz CT molecular complexity index is 650. The average molecular weight is 304 g/mol. The number of hydrogen-bond acceptors (Lipinski definition) is 4. The van der Waals surface area contributed by atoms with Gasteiger partial charge in [0, 0.05) is 25.5 Å². The lowest BCUT2D eigenvalue weighted by molar-refractivity contribution is 0.0684. The molecule has 0 saturated carbocycles. The largest absolute Gasteiger partial charge is 0.365 e. The summed E-state index contributed by atoms with van der Waals surface area (Å²) in [5.41, 5.74) is 5.23. The lowest BCUT2D eigenvalue weighted by atomic mass is 10.1. The summed E-state index contributed by atoms with van der Waals surface area (Å²) >= 11 is 1.16. The average Bonchev–Trinajstić information content (AvgIpc) is 3.18. The SMILES string of the molecule is NC(=O)c1ccc(C(=O)N2CCC[C@@H](n3ccnc3)C2)s1. The van der Waals surface area contributed by atoms with E-state index in [1.54, 1.807) is 24.7 Å². The number of primary amides is 1. The molecule has 3 rings (SSSR count). The number of likely N-dealkylation sites (tertiary alicyclic amines) is 1. The fraction of sp³-hybridized carbons (Fsp3) is 0.357. The van der Waals surface area contributed by atoms with Crippen molar-refractivity contribution in [1.82, 2.24) is 14.5 Å². The van der Waals surface area contributed by atoms with Gasteiger partial charge in [-0.15, -0.1) is 11.3 Å². The highest BCUT2D eigenvalue weighted by molar-refractivity contribution is 7.15. The first-order valence-electron chi connectivity index (χ1n) is 6.81. The molecule has 7 heteroatoms. The van der Waals surface area contributed by atoms with E-state index in [9.17, 15) is 9.59 Å². The van der Waals surface area contributed by atoms with Crippen LogP contribution in [0.5, 0.6) is 0 Å². The van der Waals surface area contributed by atoms with E-state index >= 15 is 0 Å². The number of amides is 2. The maximum absolute atomic E-state index is 12.5. The Morgan fingerprint density at radius 1 is 1.33 bits per heavy atom. The Morgan fingerprint density at radius 3 is 2.81 bits per heavy atom. The Balaban J connectivity index is 1.73. The number of aromatic nitrogens is 2. The molecule has 1 saturated heterocycles. The summed E-state index contributed by atoms with van der Waals surface area (Å²) in [5, 5.41) is 0. The minimum absolute atomic E-state index is 0.0303. The molecule has 1 fully saturated rings. The van der Waals surface area contributed by atoms with E-state index in [1.807, 2.05) is 15.7 Å². The van der Waals surface area contributed by atoms with Gasteiger partial charge in [-0.1, -0.05) is 0 Å².